The molecule has 0 saturated heterocycles. The number of carbonyl (C=O) groups excluding carboxylic acids is 1. The summed E-state index contributed by atoms with van der Waals surface area (Å²) in [4.78, 5) is 19.5. The first-order valence-electron chi connectivity index (χ1n) is 8.63. The molecule has 1 aromatic heterocycles. The zero-order chi connectivity index (χ0) is 18.3. The van der Waals surface area contributed by atoms with Crippen molar-refractivity contribution in [2.75, 3.05) is 14.2 Å². The number of carbonyl (C=O) groups is 1. The van der Waals surface area contributed by atoms with Crippen molar-refractivity contribution < 1.29 is 18.4 Å². The molecule has 2 heterocycles. The number of benzene rings is 1. The monoisotopic (exact) mass is 389 g/mol. The topological polar surface area (TPSA) is 65.0 Å². The molecule has 0 radical (unpaired) electrons. The maximum Gasteiger partial charge on any atom is 0.347 e. The second kappa shape index (κ2) is 6.86. The van der Waals surface area contributed by atoms with E-state index in [9.17, 15) is 9.36 Å². The second-order valence-electron chi connectivity index (χ2n) is 6.43. The predicted octanol–water partition coefficient (Wildman–Crippen LogP) is 4.80. The molecule has 26 heavy (non-hydrogen) atoms. The fraction of sp³-hybridized carbons (Fsp3) is 0.368. The lowest BCUT2D eigenvalue weighted by Crippen LogP contribution is -2.35. The van der Waals surface area contributed by atoms with Gasteiger partial charge in [-0.25, -0.2) is 4.99 Å². The molecule has 1 aliphatic carbocycles. The largest absolute Gasteiger partial charge is 0.347 e. The van der Waals surface area contributed by atoms with Gasteiger partial charge >= 0.3 is 7.60 Å². The predicted molar refractivity (Wildman–Crippen MR) is 103 cm³/mol. The van der Waals surface area contributed by atoms with Gasteiger partial charge in [-0.05, 0) is 36.8 Å². The Bertz CT molecular complexity index is 927. The third-order valence-corrected chi connectivity index (χ3v) is 8.34. The van der Waals surface area contributed by atoms with Crippen LogP contribution in [0.2, 0.25) is 0 Å². The van der Waals surface area contributed by atoms with Crippen LogP contribution in [0.4, 0.5) is 5.00 Å². The standard InChI is InChI=1S/C19H20NO4PS/c1-23-25(22,24-2)18-16(12-8-4-3-5-9-12)20-19-15(17(18)21)13-10-6-7-11-14(13)26-19/h3-5,8-9,18H,6-7,10-11H2,1-2H3. The van der Waals surface area contributed by atoms with E-state index in [2.05, 4.69) is 0 Å². The van der Waals surface area contributed by atoms with Gasteiger partial charge in [0.2, 0.25) is 0 Å². The highest BCUT2D eigenvalue weighted by molar-refractivity contribution is 7.57. The zero-order valence-corrected chi connectivity index (χ0v) is 16.4. The van der Waals surface area contributed by atoms with Crippen molar-refractivity contribution in [2.45, 2.75) is 31.3 Å². The molecule has 1 aromatic carbocycles. The van der Waals surface area contributed by atoms with Crippen molar-refractivity contribution in [3.8, 4) is 0 Å². The van der Waals surface area contributed by atoms with E-state index in [1.165, 1.54) is 19.1 Å². The second-order valence-corrected chi connectivity index (χ2v) is 9.84. The van der Waals surface area contributed by atoms with E-state index in [0.29, 0.717) is 11.3 Å². The van der Waals surface area contributed by atoms with Gasteiger partial charge in [-0.2, -0.15) is 0 Å². The van der Waals surface area contributed by atoms with E-state index < -0.39 is 13.3 Å². The van der Waals surface area contributed by atoms with Crippen molar-refractivity contribution >= 4 is 35.4 Å². The van der Waals surface area contributed by atoms with Crippen molar-refractivity contribution in [3.63, 3.8) is 0 Å². The first-order valence-corrected chi connectivity index (χ1v) is 11.1. The Morgan fingerprint density at radius 2 is 1.81 bits per heavy atom. The van der Waals surface area contributed by atoms with Gasteiger partial charge in [0.25, 0.3) is 0 Å². The third kappa shape index (κ3) is 2.72. The van der Waals surface area contributed by atoms with Gasteiger partial charge in [-0.3, -0.25) is 9.36 Å². The van der Waals surface area contributed by atoms with Crippen LogP contribution >= 0.6 is 18.9 Å². The minimum absolute atomic E-state index is 0.194. The van der Waals surface area contributed by atoms with Crippen LogP contribution in [0.25, 0.3) is 0 Å². The molecule has 0 N–H and O–H groups in total. The van der Waals surface area contributed by atoms with E-state index in [1.807, 2.05) is 30.3 Å². The molecular formula is C19H20NO4PS. The van der Waals surface area contributed by atoms with Crippen molar-refractivity contribution in [2.24, 2.45) is 4.99 Å². The van der Waals surface area contributed by atoms with Crippen LogP contribution in [0.15, 0.2) is 35.3 Å². The smallest absolute Gasteiger partial charge is 0.311 e. The summed E-state index contributed by atoms with van der Waals surface area (Å²) in [7, 11) is -1.04. The Labute approximate surface area is 156 Å². The minimum atomic E-state index is -3.68. The Balaban J connectivity index is 1.95. The molecule has 0 saturated carbocycles. The number of hydrogen-bond acceptors (Lipinski definition) is 6. The number of hydrogen-bond donors (Lipinski definition) is 0. The van der Waals surface area contributed by atoms with Crippen molar-refractivity contribution in [1.29, 1.82) is 0 Å². The number of thiophene rings is 1. The lowest BCUT2D eigenvalue weighted by Gasteiger charge is -2.28. The Kier molecular flexibility index (Phi) is 4.70. The third-order valence-electron chi connectivity index (χ3n) is 5.02. The summed E-state index contributed by atoms with van der Waals surface area (Å²) < 4.78 is 23.7. The van der Waals surface area contributed by atoms with Crippen LogP contribution in [0.3, 0.4) is 0 Å². The fourth-order valence-electron chi connectivity index (χ4n) is 3.73. The van der Waals surface area contributed by atoms with Crippen LogP contribution in [0.5, 0.6) is 0 Å². The number of aliphatic imine (C=N–C) groups is 1. The molecule has 2 aliphatic rings. The maximum atomic E-state index is 13.5. The van der Waals surface area contributed by atoms with Crippen LogP contribution in [-0.4, -0.2) is 31.4 Å². The maximum absolute atomic E-state index is 13.5. The number of ketones is 1. The highest BCUT2D eigenvalue weighted by Crippen LogP contribution is 2.57. The number of fused-ring (bicyclic) bond motifs is 3. The molecule has 0 bridgehead atoms. The first-order chi connectivity index (χ1) is 12.6. The molecule has 5 nitrogen and oxygen atoms in total. The molecule has 7 heteroatoms. The van der Waals surface area contributed by atoms with E-state index in [4.69, 9.17) is 14.0 Å². The highest BCUT2D eigenvalue weighted by Gasteiger charge is 2.48. The van der Waals surface area contributed by atoms with Crippen LogP contribution in [0.1, 0.15) is 39.2 Å². The van der Waals surface area contributed by atoms with Gasteiger partial charge in [-0.15, -0.1) is 11.3 Å². The first kappa shape index (κ1) is 17.8. The van der Waals surface area contributed by atoms with Gasteiger partial charge in [0.05, 0.1) is 11.3 Å². The molecule has 1 atom stereocenters. The zero-order valence-electron chi connectivity index (χ0n) is 14.7. The summed E-state index contributed by atoms with van der Waals surface area (Å²) >= 11 is 1.59. The van der Waals surface area contributed by atoms with Crippen LogP contribution in [-0.2, 0) is 26.5 Å². The van der Waals surface area contributed by atoms with E-state index in [1.54, 1.807) is 11.3 Å². The molecule has 2 aromatic rings. The molecule has 4 rings (SSSR count). The number of rotatable bonds is 4. The van der Waals surface area contributed by atoms with E-state index in [-0.39, 0.29) is 5.78 Å². The lowest BCUT2D eigenvalue weighted by molar-refractivity contribution is 0.0991. The molecule has 1 unspecified atom stereocenters. The van der Waals surface area contributed by atoms with Gasteiger partial charge in [0.15, 0.2) is 11.4 Å². The molecule has 1 aliphatic heterocycles. The number of nitrogens with zero attached hydrogens (tertiary/aromatic N) is 1. The van der Waals surface area contributed by atoms with E-state index in [0.717, 1.165) is 41.8 Å². The minimum Gasteiger partial charge on any atom is -0.311 e. The molecular weight excluding hydrogens is 369 g/mol. The summed E-state index contributed by atoms with van der Waals surface area (Å²) in [5.41, 5.74) is 1.91. The molecule has 0 amide bonds. The molecule has 136 valence electrons. The van der Waals surface area contributed by atoms with Crippen LogP contribution in [0, 0.1) is 0 Å². The van der Waals surface area contributed by atoms with Gasteiger partial charge in [0.1, 0.15) is 5.00 Å². The number of aryl methyl sites for hydroxylation is 1. The highest BCUT2D eigenvalue weighted by atomic mass is 32.1. The summed E-state index contributed by atoms with van der Waals surface area (Å²) in [6.07, 6.45) is 4.05. The normalized spacial score (nSPS) is 19.7. The van der Waals surface area contributed by atoms with Crippen molar-refractivity contribution in [1.82, 2.24) is 0 Å². The SMILES string of the molecule is COP(=O)(OC)C1C(=O)c2c(sc3c2CCCC3)N=C1c1ccccc1. The average molecular weight is 389 g/mol. The summed E-state index contributed by atoms with van der Waals surface area (Å²) in [5.74, 6) is -0.194. The van der Waals surface area contributed by atoms with Gasteiger partial charge < -0.3 is 9.05 Å². The summed E-state index contributed by atoms with van der Waals surface area (Å²) in [6, 6.07) is 9.38. The fourth-order valence-corrected chi connectivity index (χ4v) is 6.50. The van der Waals surface area contributed by atoms with E-state index >= 15 is 0 Å². The lowest BCUT2D eigenvalue weighted by atomic mass is 9.90. The molecule has 0 fully saturated rings. The Morgan fingerprint density at radius 3 is 2.50 bits per heavy atom. The summed E-state index contributed by atoms with van der Waals surface area (Å²) in [5, 5.41) is 0.732. The summed E-state index contributed by atoms with van der Waals surface area (Å²) in [6.45, 7) is 0. The average Bonchev–Trinajstić information content (AvgIpc) is 3.06. The van der Waals surface area contributed by atoms with Crippen molar-refractivity contribution in [3.05, 3.63) is 51.9 Å². The Morgan fingerprint density at radius 1 is 1.12 bits per heavy atom. The van der Waals surface area contributed by atoms with Gasteiger partial charge in [-0.1, -0.05) is 30.3 Å². The molecule has 0 spiro atoms. The van der Waals surface area contributed by atoms with Crippen LogP contribution < -0.4 is 0 Å². The van der Waals surface area contributed by atoms with Gasteiger partial charge in [0, 0.05) is 19.1 Å². The quantitative estimate of drug-likeness (QED) is 0.705. The number of Topliss-reactive ketones (excluding diaryl/α,β-unsaturated/α-hetero) is 1. The Hall–Kier alpha value is -1.59.